The van der Waals surface area contributed by atoms with Gasteiger partial charge in [-0.2, -0.15) is 0 Å². The smallest absolute Gasteiger partial charge is 0.407 e. The third-order valence-electron chi connectivity index (χ3n) is 3.82. The van der Waals surface area contributed by atoms with E-state index in [4.69, 9.17) is 14.2 Å². The molecule has 2 atom stereocenters. The molecule has 0 aliphatic carbocycles. The molecule has 1 N–H and O–H groups in total. The highest BCUT2D eigenvalue weighted by Gasteiger charge is 2.25. The van der Waals surface area contributed by atoms with Crippen molar-refractivity contribution in [1.82, 2.24) is 5.32 Å². The summed E-state index contributed by atoms with van der Waals surface area (Å²) >= 11 is 0. The Balaban J connectivity index is 3.36. The molecule has 24 heavy (non-hydrogen) atoms. The maximum Gasteiger partial charge on any atom is 0.407 e. The number of hydrogen-bond acceptors (Lipinski definition) is 5. The molecule has 0 radical (unpaired) electrons. The van der Waals surface area contributed by atoms with E-state index in [0.717, 1.165) is 25.5 Å². The number of amides is 1. The molecule has 1 amide bonds. The molecule has 0 spiro atoms. The number of alkyl carbamates (subject to hydrolysis) is 1. The van der Waals surface area contributed by atoms with E-state index in [1.165, 1.54) is 0 Å². The van der Waals surface area contributed by atoms with Gasteiger partial charge in [0.15, 0.2) is 0 Å². The second-order valence-electron chi connectivity index (χ2n) is 7.17. The Morgan fingerprint density at radius 2 is 1.67 bits per heavy atom. The zero-order valence-electron chi connectivity index (χ0n) is 15.9. The lowest BCUT2D eigenvalue weighted by molar-refractivity contribution is -0.110. The highest BCUT2D eigenvalue weighted by Crippen LogP contribution is 2.10. The van der Waals surface area contributed by atoms with E-state index in [1.807, 2.05) is 13.8 Å². The van der Waals surface area contributed by atoms with E-state index in [9.17, 15) is 9.59 Å². The van der Waals surface area contributed by atoms with Crippen molar-refractivity contribution < 1.29 is 23.8 Å². The van der Waals surface area contributed by atoms with Gasteiger partial charge < -0.3 is 24.3 Å². The van der Waals surface area contributed by atoms with E-state index in [1.54, 1.807) is 0 Å². The summed E-state index contributed by atoms with van der Waals surface area (Å²) in [6.07, 6.45) is 3.49. The Morgan fingerprint density at radius 3 is 2.25 bits per heavy atom. The lowest BCUT2D eigenvalue weighted by Gasteiger charge is -2.24. The summed E-state index contributed by atoms with van der Waals surface area (Å²) in [6, 6.07) is 0. The molecule has 0 aromatic carbocycles. The highest BCUT2D eigenvalue weighted by molar-refractivity contribution is 6.77. The van der Waals surface area contributed by atoms with Crippen molar-refractivity contribution in [1.29, 1.82) is 0 Å². The van der Waals surface area contributed by atoms with Crippen molar-refractivity contribution in [2.24, 2.45) is 5.92 Å². The van der Waals surface area contributed by atoms with Crippen molar-refractivity contribution in [2.75, 3.05) is 33.0 Å². The van der Waals surface area contributed by atoms with Gasteiger partial charge in [0.05, 0.1) is 33.6 Å². The number of rotatable bonds is 14. The van der Waals surface area contributed by atoms with E-state index < -0.39 is 8.07 Å². The van der Waals surface area contributed by atoms with Crippen LogP contribution in [0.1, 0.15) is 33.1 Å². The zero-order valence-corrected chi connectivity index (χ0v) is 16.9. The van der Waals surface area contributed by atoms with Crippen molar-refractivity contribution in [3.63, 3.8) is 0 Å². The van der Waals surface area contributed by atoms with Crippen LogP contribution < -0.4 is 5.32 Å². The van der Waals surface area contributed by atoms with Gasteiger partial charge in [0.2, 0.25) is 0 Å². The van der Waals surface area contributed by atoms with E-state index in [2.05, 4.69) is 25.0 Å². The Kier molecular flexibility index (Phi) is 12.9. The summed E-state index contributed by atoms with van der Waals surface area (Å²) in [5, 5.41) is 2.69. The van der Waals surface area contributed by atoms with E-state index in [0.29, 0.717) is 33.0 Å². The number of carbonyl (C=O) groups is 2. The lowest BCUT2D eigenvalue weighted by Crippen LogP contribution is -2.42. The summed E-state index contributed by atoms with van der Waals surface area (Å²) in [7, 11) is -1.46. The second-order valence-corrected chi connectivity index (χ2v) is 12.7. The standard InChI is InChI=1S/C17H35NO5Si/c1-15(14-19)8-6-7-10-21-12-13-22-11-9-18-17(20)23-16(2)24(3,4)5/h14-16H,6-13H2,1-5H3,(H,18,20). The van der Waals surface area contributed by atoms with Gasteiger partial charge in [-0.05, 0) is 19.8 Å². The summed E-state index contributed by atoms with van der Waals surface area (Å²) in [5.74, 6) is 0.140. The van der Waals surface area contributed by atoms with Gasteiger partial charge >= 0.3 is 6.09 Å². The number of ether oxygens (including phenoxy) is 3. The SMILES string of the molecule is CC(C=O)CCCCOCCOCCNC(=O)OC(C)[Si](C)(C)C. The largest absolute Gasteiger partial charge is 0.450 e. The molecule has 2 unspecified atom stereocenters. The molecule has 0 rings (SSSR count). The van der Waals surface area contributed by atoms with Crippen LogP contribution >= 0.6 is 0 Å². The molecule has 0 aromatic heterocycles. The number of aldehydes is 1. The van der Waals surface area contributed by atoms with Crippen molar-refractivity contribution >= 4 is 20.5 Å². The fourth-order valence-electron chi connectivity index (χ4n) is 1.66. The van der Waals surface area contributed by atoms with Gasteiger partial charge in [-0.25, -0.2) is 4.79 Å². The molecular formula is C17H35NO5Si. The maximum absolute atomic E-state index is 11.6. The number of unbranched alkanes of at least 4 members (excludes halogenated alkanes) is 1. The number of hydrogen-bond donors (Lipinski definition) is 1. The number of nitrogens with one attached hydrogen (secondary N) is 1. The van der Waals surface area contributed by atoms with E-state index in [-0.39, 0.29) is 17.7 Å². The molecule has 0 saturated heterocycles. The molecule has 0 saturated carbocycles. The quantitative estimate of drug-likeness (QED) is 0.292. The third kappa shape index (κ3) is 13.5. The van der Waals surface area contributed by atoms with Crippen molar-refractivity contribution in [3.05, 3.63) is 0 Å². The molecule has 0 aliphatic heterocycles. The first-order valence-corrected chi connectivity index (χ1v) is 12.4. The Labute approximate surface area is 147 Å². The monoisotopic (exact) mass is 361 g/mol. The second kappa shape index (κ2) is 13.4. The molecule has 0 aliphatic rings. The minimum atomic E-state index is -1.46. The summed E-state index contributed by atoms with van der Waals surface area (Å²) < 4.78 is 16.2. The lowest BCUT2D eigenvalue weighted by atomic mass is 10.1. The van der Waals surface area contributed by atoms with Crippen LogP contribution in [0.4, 0.5) is 4.79 Å². The fraction of sp³-hybridized carbons (Fsp3) is 0.882. The Hall–Kier alpha value is -0.923. The normalized spacial score (nSPS) is 14.0. The minimum Gasteiger partial charge on any atom is -0.450 e. The van der Waals surface area contributed by atoms with Crippen LogP contribution in [0, 0.1) is 5.92 Å². The fourth-order valence-corrected chi connectivity index (χ4v) is 2.13. The molecular weight excluding hydrogens is 326 g/mol. The van der Waals surface area contributed by atoms with Gasteiger partial charge in [-0.3, -0.25) is 0 Å². The van der Waals surface area contributed by atoms with Crippen LogP contribution in [0.2, 0.25) is 19.6 Å². The molecule has 6 nitrogen and oxygen atoms in total. The summed E-state index contributed by atoms with van der Waals surface area (Å²) in [4.78, 5) is 22.0. The summed E-state index contributed by atoms with van der Waals surface area (Å²) in [6.45, 7) is 13.0. The Morgan fingerprint density at radius 1 is 1.04 bits per heavy atom. The summed E-state index contributed by atoms with van der Waals surface area (Å²) in [5.41, 5.74) is -0.0127. The van der Waals surface area contributed by atoms with Crippen molar-refractivity contribution in [3.8, 4) is 0 Å². The van der Waals surface area contributed by atoms with Crippen molar-refractivity contribution in [2.45, 2.75) is 58.5 Å². The van der Waals surface area contributed by atoms with Gasteiger partial charge in [0, 0.05) is 19.1 Å². The highest BCUT2D eigenvalue weighted by atomic mass is 28.3. The molecule has 7 heteroatoms. The van der Waals surface area contributed by atoms with Gasteiger partial charge in [0.1, 0.15) is 6.29 Å². The molecule has 142 valence electrons. The van der Waals surface area contributed by atoms with E-state index >= 15 is 0 Å². The van der Waals surface area contributed by atoms with Gasteiger partial charge in [0.25, 0.3) is 0 Å². The first-order valence-electron chi connectivity index (χ1n) is 8.82. The topological polar surface area (TPSA) is 73.9 Å². The predicted octanol–water partition coefficient (Wildman–Crippen LogP) is 3.02. The van der Waals surface area contributed by atoms with Crippen LogP contribution in [0.5, 0.6) is 0 Å². The van der Waals surface area contributed by atoms with Crippen LogP contribution in [0.25, 0.3) is 0 Å². The van der Waals surface area contributed by atoms with Gasteiger partial charge in [-0.15, -0.1) is 0 Å². The molecule has 0 fully saturated rings. The molecule has 0 heterocycles. The van der Waals surface area contributed by atoms with Crippen LogP contribution in [0.3, 0.4) is 0 Å². The van der Waals surface area contributed by atoms with Crippen LogP contribution in [-0.4, -0.2) is 59.2 Å². The predicted molar refractivity (Wildman–Crippen MR) is 98.0 cm³/mol. The first-order chi connectivity index (χ1) is 11.3. The minimum absolute atomic E-state index is 0.0127. The third-order valence-corrected chi connectivity index (χ3v) is 6.38. The average Bonchev–Trinajstić information content (AvgIpc) is 2.51. The average molecular weight is 362 g/mol. The first kappa shape index (κ1) is 23.1. The molecule has 0 aromatic rings. The molecule has 0 bridgehead atoms. The number of carbonyl (C=O) groups excluding carboxylic acids is 2. The zero-order chi connectivity index (χ0) is 18.4. The Bertz CT molecular complexity index is 346. The van der Waals surface area contributed by atoms with Crippen LogP contribution in [0.15, 0.2) is 0 Å². The van der Waals surface area contributed by atoms with Gasteiger partial charge in [-0.1, -0.05) is 33.0 Å². The maximum atomic E-state index is 11.6. The van der Waals surface area contributed by atoms with Crippen LogP contribution in [-0.2, 0) is 19.0 Å².